The zero-order chi connectivity index (χ0) is 16.1. The van der Waals surface area contributed by atoms with E-state index in [9.17, 15) is 0 Å². The summed E-state index contributed by atoms with van der Waals surface area (Å²) in [6.07, 6.45) is 3.68. The number of thiocarbonyl (C=S) groups is 1. The highest BCUT2D eigenvalue weighted by atomic mass is 35.5. The van der Waals surface area contributed by atoms with E-state index in [0.717, 1.165) is 36.2 Å². The maximum atomic E-state index is 6.13. The molecule has 0 unspecified atom stereocenters. The van der Waals surface area contributed by atoms with Crippen LogP contribution in [0.4, 0.5) is 5.69 Å². The zero-order valence-electron chi connectivity index (χ0n) is 13.3. The summed E-state index contributed by atoms with van der Waals surface area (Å²) in [6, 6.07) is 3.55. The van der Waals surface area contributed by atoms with E-state index in [2.05, 4.69) is 17.1 Å². The number of nitrogens with one attached hydrogen (secondary N) is 1. The Hall–Kier alpha value is -1.20. The van der Waals surface area contributed by atoms with Crippen molar-refractivity contribution in [1.29, 1.82) is 0 Å². The van der Waals surface area contributed by atoms with E-state index in [1.807, 2.05) is 6.07 Å². The van der Waals surface area contributed by atoms with Gasteiger partial charge in [0.1, 0.15) is 11.5 Å². The van der Waals surface area contributed by atoms with Crippen molar-refractivity contribution in [3.63, 3.8) is 0 Å². The first-order chi connectivity index (χ1) is 10.6. The van der Waals surface area contributed by atoms with Crippen LogP contribution in [0, 0.1) is 5.92 Å². The fraction of sp³-hybridized carbons (Fsp3) is 0.562. The monoisotopic (exact) mass is 342 g/mol. The summed E-state index contributed by atoms with van der Waals surface area (Å²) in [5.74, 6) is 2.03. The SMILES string of the molecule is CCCN(CC1CC1)C(=S)Nc1cc(OC)c(Cl)cc1OC. The van der Waals surface area contributed by atoms with Crippen molar-refractivity contribution in [3.8, 4) is 11.5 Å². The average molecular weight is 343 g/mol. The predicted molar refractivity (Wildman–Crippen MR) is 95.4 cm³/mol. The van der Waals surface area contributed by atoms with Gasteiger partial charge in [-0.05, 0) is 37.4 Å². The quantitative estimate of drug-likeness (QED) is 0.752. The molecule has 0 atom stereocenters. The Balaban J connectivity index is 2.14. The molecule has 0 amide bonds. The molecule has 1 fully saturated rings. The van der Waals surface area contributed by atoms with Crippen LogP contribution in [0.25, 0.3) is 0 Å². The minimum atomic E-state index is 0.513. The van der Waals surface area contributed by atoms with Crippen LogP contribution >= 0.6 is 23.8 Å². The van der Waals surface area contributed by atoms with Gasteiger partial charge in [-0.3, -0.25) is 0 Å². The number of benzene rings is 1. The van der Waals surface area contributed by atoms with E-state index in [0.29, 0.717) is 16.5 Å². The second kappa shape index (κ2) is 7.88. The molecule has 1 saturated carbocycles. The lowest BCUT2D eigenvalue weighted by atomic mass is 10.2. The van der Waals surface area contributed by atoms with Gasteiger partial charge in [0.15, 0.2) is 5.11 Å². The number of nitrogens with zero attached hydrogens (tertiary/aromatic N) is 1. The van der Waals surface area contributed by atoms with Gasteiger partial charge in [0.25, 0.3) is 0 Å². The number of methoxy groups -OCH3 is 2. The largest absolute Gasteiger partial charge is 0.495 e. The number of hydrogen-bond acceptors (Lipinski definition) is 3. The zero-order valence-corrected chi connectivity index (χ0v) is 14.9. The fourth-order valence-corrected chi connectivity index (χ4v) is 2.82. The topological polar surface area (TPSA) is 33.7 Å². The van der Waals surface area contributed by atoms with Crippen LogP contribution in [-0.2, 0) is 0 Å². The molecule has 2 rings (SSSR count). The second-order valence-corrected chi connectivity index (χ2v) is 6.30. The highest BCUT2D eigenvalue weighted by Crippen LogP contribution is 2.36. The number of ether oxygens (including phenoxy) is 2. The Morgan fingerprint density at radius 2 is 2.00 bits per heavy atom. The first-order valence-electron chi connectivity index (χ1n) is 7.56. The van der Waals surface area contributed by atoms with E-state index in [4.69, 9.17) is 33.3 Å². The Bertz CT molecular complexity index is 535. The minimum absolute atomic E-state index is 0.513. The number of halogens is 1. The van der Waals surface area contributed by atoms with Crippen LogP contribution in [-0.4, -0.2) is 37.3 Å². The van der Waals surface area contributed by atoms with Gasteiger partial charge in [0.05, 0.1) is 24.9 Å². The lowest BCUT2D eigenvalue weighted by Crippen LogP contribution is -2.37. The summed E-state index contributed by atoms with van der Waals surface area (Å²) < 4.78 is 10.6. The molecule has 1 aromatic carbocycles. The van der Waals surface area contributed by atoms with Crippen LogP contribution < -0.4 is 14.8 Å². The van der Waals surface area contributed by atoms with Crippen LogP contribution in [0.15, 0.2) is 12.1 Å². The van der Waals surface area contributed by atoms with E-state index in [1.165, 1.54) is 12.8 Å². The normalized spacial score (nSPS) is 13.6. The maximum absolute atomic E-state index is 6.13. The van der Waals surface area contributed by atoms with Gasteiger partial charge in [-0.25, -0.2) is 0 Å². The van der Waals surface area contributed by atoms with Crippen LogP contribution in [0.2, 0.25) is 5.02 Å². The third-order valence-electron chi connectivity index (χ3n) is 3.67. The van der Waals surface area contributed by atoms with Crippen molar-refractivity contribution in [2.45, 2.75) is 26.2 Å². The number of hydrogen-bond donors (Lipinski definition) is 1. The average Bonchev–Trinajstić information content (AvgIpc) is 3.32. The molecular formula is C16H23ClN2O2S. The number of rotatable bonds is 7. The Morgan fingerprint density at radius 3 is 2.55 bits per heavy atom. The molecule has 1 aromatic rings. The summed E-state index contributed by atoms with van der Waals surface area (Å²) in [6.45, 7) is 4.14. The van der Waals surface area contributed by atoms with E-state index < -0.39 is 0 Å². The highest BCUT2D eigenvalue weighted by Gasteiger charge is 2.25. The van der Waals surface area contributed by atoms with Gasteiger partial charge in [0.2, 0.25) is 0 Å². The molecule has 0 bridgehead atoms. The summed E-state index contributed by atoms with van der Waals surface area (Å²) >= 11 is 11.7. The predicted octanol–water partition coefficient (Wildman–Crippen LogP) is 4.18. The van der Waals surface area contributed by atoms with Gasteiger partial charge < -0.3 is 19.7 Å². The Kier molecular flexibility index (Phi) is 6.15. The fourth-order valence-electron chi connectivity index (χ4n) is 2.31. The molecule has 4 nitrogen and oxygen atoms in total. The van der Waals surface area contributed by atoms with Crippen molar-refractivity contribution >= 4 is 34.6 Å². The lowest BCUT2D eigenvalue weighted by Gasteiger charge is -2.26. The molecule has 0 saturated heterocycles. The van der Waals surface area contributed by atoms with Gasteiger partial charge in [-0.2, -0.15) is 0 Å². The van der Waals surface area contributed by atoms with Crippen molar-refractivity contribution < 1.29 is 9.47 Å². The van der Waals surface area contributed by atoms with Crippen molar-refractivity contribution in [1.82, 2.24) is 4.90 Å². The molecule has 1 N–H and O–H groups in total. The first kappa shape index (κ1) is 17.2. The summed E-state index contributed by atoms with van der Waals surface area (Å²) in [5, 5.41) is 4.51. The van der Waals surface area contributed by atoms with Crippen molar-refractivity contribution in [2.24, 2.45) is 5.92 Å². The molecule has 1 aliphatic rings. The van der Waals surface area contributed by atoms with E-state index in [1.54, 1.807) is 20.3 Å². The molecule has 122 valence electrons. The molecule has 1 aliphatic carbocycles. The van der Waals surface area contributed by atoms with E-state index >= 15 is 0 Å². The Labute approximate surface area is 142 Å². The molecule has 0 aliphatic heterocycles. The maximum Gasteiger partial charge on any atom is 0.173 e. The highest BCUT2D eigenvalue weighted by molar-refractivity contribution is 7.80. The summed E-state index contributed by atoms with van der Waals surface area (Å²) in [4.78, 5) is 2.23. The molecular weight excluding hydrogens is 320 g/mol. The molecule has 0 spiro atoms. The van der Waals surface area contributed by atoms with Crippen molar-refractivity contribution in [2.75, 3.05) is 32.6 Å². The molecule has 6 heteroatoms. The van der Waals surface area contributed by atoms with Gasteiger partial charge in [0, 0.05) is 25.2 Å². The molecule has 0 heterocycles. The lowest BCUT2D eigenvalue weighted by molar-refractivity contribution is 0.400. The van der Waals surface area contributed by atoms with E-state index in [-0.39, 0.29) is 0 Å². The number of anilines is 1. The van der Waals surface area contributed by atoms with Gasteiger partial charge >= 0.3 is 0 Å². The standard InChI is InChI=1S/C16H23ClN2O2S/c1-4-7-19(10-11-5-6-11)16(22)18-13-9-14(20-2)12(17)8-15(13)21-3/h8-9,11H,4-7,10H2,1-3H3,(H,18,22). The van der Waals surface area contributed by atoms with Crippen LogP contribution in [0.1, 0.15) is 26.2 Å². The van der Waals surface area contributed by atoms with Crippen LogP contribution in [0.5, 0.6) is 11.5 Å². The molecule has 0 aromatic heterocycles. The summed E-state index contributed by atoms with van der Waals surface area (Å²) in [5.41, 5.74) is 0.769. The minimum Gasteiger partial charge on any atom is -0.495 e. The van der Waals surface area contributed by atoms with Gasteiger partial charge in [-0.15, -0.1) is 0 Å². The molecule has 0 radical (unpaired) electrons. The smallest absolute Gasteiger partial charge is 0.173 e. The van der Waals surface area contributed by atoms with Crippen LogP contribution in [0.3, 0.4) is 0 Å². The summed E-state index contributed by atoms with van der Waals surface area (Å²) in [7, 11) is 3.20. The van der Waals surface area contributed by atoms with Crippen molar-refractivity contribution in [3.05, 3.63) is 17.2 Å². The third-order valence-corrected chi connectivity index (χ3v) is 4.33. The Morgan fingerprint density at radius 1 is 1.32 bits per heavy atom. The second-order valence-electron chi connectivity index (χ2n) is 5.51. The van der Waals surface area contributed by atoms with Gasteiger partial charge in [-0.1, -0.05) is 18.5 Å². The first-order valence-corrected chi connectivity index (χ1v) is 8.35. The third kappa shape index (κ3) is 4.40. The molecule has 22 heavy (non-hydrogen) atoms.